The molecule has 0 saturated heterocycles. The first-order chi connectivity index (χ1) is 13.4. The van der Waals surface area contributed by atoms with E-state index in [1.54, 1.807) is 42.0 Å². The van der Waals surface area contributed by atoms with Gasteiger partial charge in [0.15, 0.2) is 6.29 Å². The summed E-state index contributed by atoms with van der Waals surface area (Å²) in [4.78, 5) is 11.5. The van der Waals surface area contributed by atoms with Crippen molar-refractivity contribution in [3.8, 4) is 0 Å². The van der Waals surface area contributed by atoms with E-state index in [0.29, 0.717) is 5.56 Å². The van der Waals surface area contributed by atoms with Crippen LogP contribution in [0.4, 0.5) is 0 Å². The second kappa shape index (κ2) is 8.26. The first-order valence-electron chi connectivity index (χ1n) is 9.14. The van der Waals surface area contributed by atoms with Gasteiger partial charge in [-0.2, -0.15) is 4.31 Å². The van der Waals surface area contributed by atoms with Crippen LogP contribution in [0.2, 0.25) is 0 Å². The number of aldehydes is 1. The van der Waals surface area contributed by atoms with E-state index in [4.69, 9.17) is 0 Å². The van der Waals surface area contributed by atoms with Gasteiger partial charge in [0.05, 0.1) is 11.0 Å². The van der Waals surface area contributed by atoms with Crippen LogP contribution in [0.25, 0.3) is 10.9 Å². The number of hydrogen-bond acceptors (Lipinski definition) is 4. The van der Waals surface area contributed by atoms with Crippen LogP contribution in [-0.2, 0) is 16.6 Å². The molecule has 1 heterocycles. The molecule has 0 aliphatic carbocycles. The van der Waals surface area contributed by atoms with E-state index in [0.717, 1.165) is 22.8 Å². The maximum atomic E-state index is 12.9. The summed E-state index contributed by atoms with van der Waals surface area (Å²) in [6, 6.07) is 14.1. The molecular weight excluding hydrogens is 376 g/mol. The molecule has 1 aromatic heterocycles. The Balaban J connectivity index is 1.80. The van der Waals surface area contributed by atoms with E-state index in [-0.39, 0.29) is 24.5 Å². The van der Waals surface area contributed by atoms with Crippen molar-refractivity contribution < 1.29 is 18.3 Å². The Morgan fingerprint density at radius 2 is 1.82 bits per heavy atom. The largest absolute Gasteiger partial charge is 0.390 e. The molecule has 3 aromatic rings. The molecular formula is C21H24N2O4S. The predicted molar refractivity (Wildman–Crippen MR) is 109 cm³/mol. The van der Waals surface area contributed by atoms with Gasteiger partial charge in [-0.1, -0.05) is 42.8 Å². The van der Waals surface area contributed by atoms with Crippen molar-refractivity contribution >= 4 is 27.2 Å². The second-order valence-electron chi connectivity index (χ2n) is 6.79. The van der Waals surface area contributed by atoms with Crippen LogP contribution in [0, 0.1) is 6.92 Å². The molecule has 0 spiro atoms. The zero-order valence-electron chi connectivity index (χ0n) is 15.9. The normalized spacial score (nSPS) is 13.1. The molecule has 0 amide bonds. The van der Waals surface area contributed by atoms with Gasteiger partial charge < -0.3 is 9.67 Å². The molecule has 0 bridgehead atoms. The van der Waals surface area contributed by atoms with Gasteiger partial charge >= 0.3 is 0 Å². The summed E-state index contributed by atoms with van der Waals surface area (Å²) in [6.45, 7) is 4.05. The van der Waals surface area contributed by atoms with Gasteiger partial charge in [0.1, 0.15) is 0 Å². The van der Waals surface area contributed by atoms with E-state index in [9.17, 15) is 18.3 Å². The van der Waals surface area contributed by atoms with Crippen molar-refractivity contribution in [2.24, 2.45) is 0 Å². The van der Waals surface area contributed by atoms with Gasteiger partial charge in [-0.3, -0.25) is 4.79 Å². The Morgan fingerprint density at radius 1 is 1.14 bits per heavy atom. The van der Waals surface area contributed by atoms with Crippen LogP contribution in [0.3, 0.4) is 0 Å². The number of hydrogen-bond donors (Lipinski definition) is 1. The number of sulfonamides is 1. The van der Waals surface area contributed by atoms with E-state index < -0.39 is 16.1 Å². The van der Waals surface area contributed by atoms with Crippen LogP contribution in [0.5, 0.6) is 0 Å². The average molecular weight is 401 g/mol. The fraction of sp³-hybridized carbons (Fsp3) is 0.286. The SMILES string of the molecule is CCN(C[C@H](O)Cn1cc(C=O)c2ccccc21)S(=O)(=O)c1ccc(C)cc1. The second-order valence-corrected chi connectivity index (χ2v) is 8.73. The van der Waals surface area contributed by atoms with Crippen LogP contribution in [0.1, 0.15) is 22.8 Å². The summed E-state index contributed by atoms with van der Waals surface area (Å²) < 4.78 is 28.8. The molecule has 6 nitrogen and oxygen atoms in total. The van der Waals surface area contributed by atoms with Crippen LogP contribution in [0.15, 0.2) is 59.6 Å². The Labute approximate surface area is 165 Å². The minimum absolute atomic E-state index is 0.0321. The Kier molecular flexibility index (Phi) is 5.98. The van der Waals surface area contributed by atoms with E-state index in [2.05, 4.69) is 0 Å². The Hall–Kier alpha value is -2.48. The first kappa shape index (κ1) is 20.3. The van der Waals surface area contributed by atoms with Crippen molar-refractivity contribution in [3.63, 3.8) is 0 Å². The molecule has 0 unspecified atom stereocenters. The molecule has 1 N–H and O–H groups in total. The molecule has 0 fully saturated rings. The van der Waals surface area contributed by atoms with Crippen LogP contribution in [-0.4, -0.2) is 47.9 Å². The lowest BCUT2D eigenvalue weighted by Crippen LogP contribution is -2.38. The number of aliphatic hydroxyl groups excluding tert-OH is 1. The number of carbonyl (C=O) groups is 1. The van der Waals surface area contributed by atoms with E-state index in [1.165, 1.54) is 4.31 Å². The number of aliphatic hydroxyl groups is 1. The first-order valence-corrected chi connectivity index (χ1v) is 10.6. The molecule has 148 valence electrons. The van der Waals surface area contributed by atoms with Gasteiger partial charge in [-0.05, 0) is 25.1 Å². The average Bonchev–Trinajstić information content (AvgIpc) is 3.04. The van der Waals surface area contributed by atoms with Gasteiger partial charge in [-0.15, -0.1) is 0 Å². The highest BCUT2D eigenvalue weighted by atomic mass is 32.2. The van der Waals surface area contributed by atoms with E-state index >= 15 is 0 Å². The van der Waals surface area contributed by atoms with Crippen molar-refractivity contribution in [1.82, 2.24) is 8.87 Å². The lowest BCUT2D eigenvalue weighted by molar-refractivity contribution is 0.112. The number of fused-ring (bicyclic) bond motifs is 1. The molecule has 0 aliphatic heterocycles. The number of para-hydroxylation sites is 1. The zero-order chi connectivity index (χ0) is 20.3. The number of rotatable bonds is 8. The molecule has 1 atom stereocenters. The van der Waals surface area contributed by atoms with Gasteiger partial charge in [0.2, 0.25) is 10.0 Å². The highest BCUT2D eigenvalue weighted by Crippen LogP contribution is 2.21. The Bertz CT molecular complexity index is 1070. The van der Waals surface area contributed by atoms with Crippen molar-refractivity contribution in [2.75, 3.05) is 13.1 Å². The quantitative estimate of drug-likeness (QED) is 0.590. The predicted octanol–water partition coefficient (Wildman–Crippen LogP) is 2.83. The molecule has 0 saturated carbocycles. The minimum Gasteiger partial charge on any atom is -0.390 e. The van der Waals surface area contributed by atoms with Gasteiger partial charge in [0, 0.05) is 42.3 Å². The smallest absolute Gasteiger partial charge is 0.243 e. The number of likely N-dealkylation sites (N-methyl/N-ethyl adjacent to an activating group) is 1. The molecule has 2 aromatic carbocycles. The third-order valence-corrected chi connectivity index (χ3v) is 6.73. The number of aryl methyl sites for hydroxylation is 1. The van der Waals surface area contributed by atoms with Crippen molar-refractivity contribution in [1.29, 1.82) is 0 Å². The molecule has 0 aliphatic rings. The molecule has 7 heteroatoms. The molecule has 28 heavy (non-hydrogen) atoms. The van der Waals surface area contributed by atoms with Crippen LogP contribution >= 0.6 is 0 Å². The molecule has 0 radical (unpaired) electrons. The summed E-state index contributed by atoms with van der Waals surface area (Å²) in [6.07, 6.45) is 1.55. The third-order valence-electron chi connectivity index (χ3n) is 4.78. The number of nitrogens with zero attached hydrogens (tertiary/aromatic N) is 2. The highest BCUT2D eigenvalue weighted by Gasteiger charge is 2.25. The van der Waals surface area contributed by atoms with Crippen molar-refractivity contribution in [3.05, 3.63) is 65.9 Å². The van der Waals surface area contributed by atoms with Crippen LogP contribution < -0.4 is 0 Å². The standard InChI is InChI=1S/C21H24N2O4S/c1-3-23(28(26,27)19-10-8-16(2)9-11-19)14-18(25)13-22-12-17(15-24)20-6-4-5-7-21(20)22/h4-12,15,18,25H,3,13-14H2,1-2H3/t18-/m1/s1. The third kappa shape index (κ3) is 4.01. The Morgan fingerprint density at radius 3 is 2.46 bits per heavy atom. The van der Waals surface area contributed by atoms with E-state index in [1.807, 2.05) is 31.2 Å². The highest BCUT2D eigenvalue weighted by molar-refractivity contribution is 7.89. The fourth-order valence-electron chi connectivity index (χ4n) is 3.30. The summed E-state index contributed by atoms with van der Waals surface area (Å²) in [5.41, 5.74) is 2.35. The lowest BCUT2D eigenvalue weighted by atomic mass is 10.2. The summed E-state index contributed by atoms with van der Waals surface area (Å²) in [5.74, 6) is 0. The summed E-state index contributed by atoms with van der Waals surface area (Å²) in [7, 11) is -3.69. The maximum absolute atomic E-state index is 12.9. The summed E-state index contributed by atoms with van der Waals surface area (Å²) >= 11 is 0. The molecule has 3 rings (SSSR count). The maximum Gasteiger partial charge on any atom is 0.243 e. The minimum atomic E-state index is -3.69. The lowest BCUT2D eigenvalue weighted by Gasteiger charge is -2.24. The monoisotopic (exact) mass is 400 g/mol. The van der Waals surface area contributed by atoms with Gasteiger partial charge in [-0.25, -0.2) is 8.42 Å². The van der Waals surface area contributed by atoms with Gasteiger partial charge in [0.25, 0.3) is 0 Å². The zero-order valence-corrected chi connectivity index (χ0v) is 16.8. The number of carbonyl (C=O) groups excluding carboxylic acids is 1. The number of aromatic nitrogens is 1. The summed E-state index contributed by atoms with van der Waals surface area (Å²) in [5, 5.41) is 11.4. The van der Waals surface area contributed by atoms with Crippen molar-refractivity contribution in [2.45, 2.75) is 31.4 Å². The fourth-order valence-corrected chi connectivity index (χ4v) is 4.78. The topological polar surface area (TPSA) is 79.6 Å². The number of benzene rings is 2.